The van der Waals surface area contributed by atoms with Gasteiger partial charge in [-0.25, -0.2) is 9.18 Å². The smallest absolute Gasteiger partial charge is 0.329 e. The van der Waals surface area contributed by atoms with Crippen LogP contribution in [0.25, 0.3) is 0 Å². The molecule has 0 spiro atoms. The molecule has 152 valence electrons. The standard InChI is InChI=1S/C21H19BrFNO4S/c1-21(2,3)28-14-6-7-16-17(9-14)29-18(10-19(25)26)20(27)24(16)11-12-4-5-13(22)8-15(12)23/h4-10H,11H2,1-3H3,(H,25,26)/b18-10-. The molecule has 1 N–H and O–H groups in total. The largest absolute Gasteiger partial charge is 0.488 e. The van der Waals surface area contributed by atoms with Gasteiger partial charge >= 0.3 is 5.97 Å². The third kappa shape index (κ3) is 5.19. The Hall–Kier alpha value is -2.32. The van der Waals surface area contributed by atoms with Gasteiger partial charge in [0.2, 0.25) is 0 Å². The molecule has 0 radical (unpaired) electrons. The first-order valence-corrected chi connectivity index (χ1v) is 10.4. The summed E-state index contributed by atoms with van der Waals surface area (Å²) < 4.78 is 20.8. The molecule has 0 saturated heterocycles. The predicted molar refractivity (Wildman–Crippen MR) is 114 cm³/mol. The Morgan fingerprint density at radius 3 is 2.62 bits per heavy atom. The fourth-order valence-electron chi connectivity index (χ4n) is 2.80. The van der Waals surface area contributed by atoms with E-state index in [4.69, 9.17) is 9.84 Å². The third-order valence-corrected chi connectivity index (χ3v) is 5.47. The van der Waals surface area contributed by atoms with Crippen LogP contribution >= 0.6 is 27.7 Å². The Morgan fingerprint density at radius 2 is 2.00 bits per heavy atom. The third-order valence-electron chi connectivity index (χ3n) is 3.92. The van der Waals surface area contributed by atoms with Crippen molar-refractivity contribution in [3.8, 4) is 5.75 Å². The fourth-order valence-corrected chi connectivity index (χ4v) is 4.19. The van der Waals surface area contributed by atoms with Crippen molar-refractivity contribution in [1.29, 1.82) is 0 Å². The van der Waals surface area contributed by atoms with E-state index in [1.165, 1.54) is 11.0 Å². The van der Waals surface area contributed by atoms with E-state index in [2.05, 4.69) is 15.9 Å². The summed E-state index contributed by atoms with van der Waals surface area (Å²) in [6.45, 7) is 5.73. The van der Waals surface area contributed by atoms with Gasteiger partial charge in [0.1, 0.15) is 17.2 Å². The molecule has 0 unspecified atom stereocenters. The number of nitrogens with zero attached hydrogens (tertiary/aromatic N) is 1. The topological polar surface area (TPSA) is 66.8 Å². The number of anilines is 1. The summed E-state index contributed by atoms with van der Waals surface area (Å²) in [5, 5.41) is 9.14. The molecule has 1 amide bonds. The summed E-state index contributed by atoms with van der Waals surface area (Å²) in [5.41, 5.74) is 0.485. The second kappa shape index (κ2) is 8.20. The van der Waals surface area contributed by atoms with Gasteiger partial charge < -0.3 is 14.7 Å². The monoisotopic (exact) mass is 479 g/mol. The van der Waals surface area contributed by atoms with E-state index in [9.17, 15) is 14.0 Å². The zero-order valence-corrected chi connectivity index (χ0v) is 18.4. The number of aliphatic carboxylic acids is 1. The number of carboxylic acid groups (broad SMARTS) is 1. The molecule has 0 aliphatic carbocycles. The normalized spacial score (nSPS) is 15.4. The van der Waals surface area contributed by atoms with Gasteiger partial charge in [0.05, 0.1) is 17.1 Å². The van der Waals surface area contributed by atoms with Crippen LogP contribution in [-0.4, -0.2) is 22.6 Å². The van der Waals surface area contributed by atoms with Crippen LogP contribution in [0.5, 0.6) is 5.75 Å². The van der Waals surface area contributed by atoms with Gasteiger partial charge in [-0.1, -0.05) is 33.8 Å². The van der Waals surface area contributed by atoms with Crippen molar-refractivity contribution >= 4 is 45.3 Å². The highest BCUT2D eigenvalue weighted by atomic mass is 79.9. The second-order valence-corrected chi connectivity index (χ2v) is 9.42. The number of carbonyl (C=O) groups excluding carboxylic acids is 1. The number of ether oxygens (including phenoxy) is 1. The number of carboxylic acids is 1. The van der Waals surface area contributed by atoms with Gasteiger partial charge in [-0.15, -0.1) is 0 Å². The number of benzene rings is 2. The number of fused-ring (bicyclic) bond motifs is 1. The summed E-state index contributed by atoms with van der Waals surface area (Å²) in [4.78, 5) is 26.2. The maximum atomic E-state index is 14.4. The average Bonchev–Trinajstić information content (AvgIpc) is 2.58. The Balaban J connectivity index is 2.04. The summed E-state index contributed by atoms with van der Waals surface area (Å²) >= 11 is 4.28. The fraction of sp³-hybridized carbons (Fsp3) is 0.238. The van der Waals surface area contributed by atoms with Crippen LogP contribution in [0.15, 0.2) is 56.7 Å². The van der Waals surface area contributed by atoms with E-state index in [1.54, 1.807) is 30.3 Å². The number of carbonyl (C=O) groups is 2. The molecular weight excluding hydrogens is 461 g/mol. The number of amides is 1. The van der Waals surface area contributed by atoms with Crippen molar-refractivity contribution in [1.82, 2.24) is 0 Å². The van der Waals surface area contributed by atoms with Crippen molar-refractivity contribution in [2.75, 3.05) is 4.90 Å². The summed E-state index contributed by atoms with van der Waals surface area (Å²) in [5.74, 6) is -1.57. The van der Waals surface area contributed by atoms with Crippen LogP contribution in [0.1, 0.15) is 26.3 Å². The SMILES string of the molecule is CC(C)(C)Oc1ccc2c(c1)S/C(=C\C(=O)O)C(=O)N2Cc1ccc(Br)cc1F. The molecule has 0 atom stereocenters. The van der Waals surface area contributed by atoms with Gasteiger partial charge in [-0.2, -0.15) is 0 Å². The minimum absolute atomic E-state index is 0.0259. The van der Waals surface area contributed by atoms with Crippen LogP contribution in [0, 0.1) is 5.82 Å². The molecule has 1 heterocycles. The van der Waals surface area contributed by atoms with Crippen LogP contribution in [-0.2, 0) is 16.1 Å². The highest BCUT2D eigenvalue weighted by molar-refractivity contribution is 9.10. The molecule has 8 heteroatoms. The lowest BCUT2D eigenvalue weighted by molar-refractivity contribution is -0.131. The van der Waals surface area contributed by atoms with Crippen LogP contribution in [0.2, 0.25) is 0 Å². The molecule has 0 saturated carbocycles. The van der Waals surface area contributed by atoms with Gasteiger partial charge in [0.25, 0.3) is 5.91 Å². The first-order valence-electron chi connectivity index (χ1n) is 8.75. The van der Waals surface area contributed by atoms with Gasteiger partial charge in [0, 0.05) is 21.0 Å². The number of rotatable bonds is 4. The lowest BCUT2D eigenvalue weighted by atomic mass is 10.1. The first kappa shape index (κ1) is 21.4. The summed E-state index contributed by atoms with van der Waals surface area (Å²) in [7, 11) is 0. The van der Waals surface area contributed by atoms with E-state index in [-0.39, 0.29) is 11.4 Å². The molecule has 2 aromatic rings. The Morgan fingerprint density at radius 1 is 1.28 bits per heavy atom. The summed E-state index contributed by atoms with van der Waals surface area (Å²) in [6, 6.07) is 9.85. The molecule has 0 bridgehead atoms. The Labute approximate surface area is 180 Å². The highest BCUT2D eigenvalue weighted by Crippen LogP contribution is 2.44. The predicted octanol–water partition coefficient (Wildman–Crippen LogP) is 5.37. The van der Waals surface area contributed by atoms with E-state index in [0.29, 0.717) is 26.4 Å². The minimum atomic E-state index is -1.22. The van der Waals surface area contributed by atoms with Crippen molar-refractivity contribution in [2.24, 2.45) is 0 Å². The number of hydrogen-bond donors (Lipinski definition) is 1. The van der Waals surface area contributed by atoms with Crippen molar-refractivity contribution < 1.29 is 23.8 Å². The zero-order chi connectivity index (χ0) is 21.3. The van der Waals surface area contributed by atoms with Gasteiger partial charge in [-0.05, 0) is 51.1 Å². The molecule has 1 aliphatic rings. The maximum Gasteiger partial charge on any atom is 0.329 e. The lowest BCUT2D eigenvalue weighted by Crippen LogP contribution is -2.34. The lowest BCUT2D eigenvalue weighted by Gasteiger charge is -2.31. The van der Waals surface area contributed by atoms with E-state index in [1.807, 2.05) is 20.8 Å². The number of halogens is 2. The molecule has 3 rings (SSSR count). The molecule has 29 heavy (non-hydrogen) atoms. The quantitative estimate of drug-likeness (QED) is 0.596. The number of hydrogen-bond acceptors (Lipinski definition) is 4. The Kier molecular flexibility index (Phi) is 6.05. The van der Waals surface area contributed by atoms with Crippen LogP contribution in [0.3, 0.4) is 0 Å². The van der Waals surface area contributed by atoms with E-state index < -0.39 is 23.3 Å². The van der Waals surface area contributed by atoms with Gasteiger partial charge in [0.15, 0.2) is 0 Å². The maximum absolute atomic E-state index is 14.4. The molecule has 2 aromatic carbocycles. The highest BCUT2D eigenvalue weighted by Gasteiger charge is 2.31. The van der Waals surface area contributed by atoms with Crippen LogP contribution in [0.4, 0.5) is 10.1 Å². The zero-order valence-electron chi connectivity index (χ0n) is 16.0. The summed E-state index contributed by atoms with van der Waals surface area (Å²) in [6.07, 6.45) is 0.873. The molecule has 0 aromatic heterocycles. The van der Waals surface area contributed by atoms with E-state index in [0.717, 1.165) is 17.8 Å². The van der Waals surface area contributed by atoms with Crippen molar-refractivity contribution in [3.63, 3.8) is 0 Å². The Bertz CT molecular complexity index is 1020. The molecule has 5 nitrogen and oxygen atoms in total. The molecular formula is C21H19BrFNO4S. The molecule has 0 fully saturated rings. The van der Waals surface area contributed by atoms with Gasteiger partial charge in [-0.3, -0.25) is 4.79 Å². The van der Waals surface area contributed by atoms with Crippen molar-refractivity contribution in [2.45, 2.75) is 37.8 Å². The van der Waals surface area contributed by atoms with Crippen LogP contribution < -0.4 is 9.64 Å². The first-order chi connectivity index (χ1) is 13.5. The second-order valence-electron chi connectivity index (χ2n) is 7.42. The van der Waals surface area contributed by atoms with Crippen molar-refractivity contribution in [3.05, 3.63) is 63.2 Å². The number of thioether (sulfide) groups is 1. The minimum Gasteiger partial charge on any atom is -0.488 e. The van der Waals surface area contributed by atoms with E-state index >= 15 is 0 Å². The molecule has 1 aliphatic heterocycles. The average molecular weight is 480 g/mol.